The van der Waals surface area contributed by atoms with E-state index in [2.05, 4.69) is 52.9 Å². The number of hydrogen-bond donors (Lipinski definition) is 1. The molecule has 0 spiro atoms. The minimum atomic E-state index is 0.924. The summed E-state index contributed by atoms with van der Waals surface area (Å²) in [7, 11) is 2.05. The number of rotatable bonds is 2. The highest BCUT2D eigenvalue weighted by Gasteiger charge is 2.13. The summed E-state index contributed by atoms with van der Waals surface area (Å²) in [6.45, 7) is 1.88. The lowest BCUT2D eigenvalue weighted by molar-refractivity contribution is 0.289. The lowest BCUT2D eigenvalue weighted by Crippen LogP contribution is -2.22. The molecule has 0 aromatic heterocycles. The molecule has 0 atom stereocenters. The Hall–Kier alpha value is -1.09. The Morgan fingerprint density at radius 3 is 2.57 bits per heavy atom. The van der Waals surface area contributed by atoms with Gasteiger partial charge in [0, 0.05) is 19.8 Å². The number of nitrogens with zero attached hydrogens (tertiary/aromatic N) is 2. The highest BCUT2D eigenvalue weighted by atomic mass is 32.1. The van der Waals surface area contributed by atoms with Crippen molar-refractivity contribution >= 4 is 12.6 Å². The molecule has 1 aliphatic rings. The molecular weight excluding hydrogens is 192 g/mol. The van der Waals surface area contributed by atoms with Crippen molar-refractivity contribution in [2.24, 2.45) is 0 Å². The van der Waals surface area contributed by atoms with Gasteiger partial charge in [-0.05, 0) is 5.56 Å². The van der Waals surface area contributed by atoms with E-state index in [1.807, 2.05) is 13.1 Å². The molecule has 1 aromatic carbocycles. The first-order valence-electron chi connectivity index (χ1n) is 4.65. The molecule has 1 aromatic rings. The van der Waals surface area contributed by atoms with Crippen LogP contribution in [-0.2, 0) is 6.54 Å². The van der Waals surface area contributed by atoms with Crippen LogP contribution in [0, 0.1) is 0 Å². The fraction of sp³-hybridized carbons (Fsp3) is 0.273. The standard InChI is InChI=1S/C11H14N2S/c1-12-9-13(8-11(12)14)7-10-5-3-2-4-6-10/h2-6,8,14H,7,9H2,1H3. The minimum Gasteiger partial charge on any atom is -0.353 e. The Morgan fingerprint density at radius 2 is 2.00 bits per heavy atom. The molecule has 0 aliphatic carbocycles. The minimum absolute atomic E-state index is 0.924. The van der Waals surface area contributed by atoms with Gasteiger partial charge in [-0.2, -0.15) is 0 Å². The van der Waals surface area contributed by atoms with Crippen LogP contribution in [0.4, 0.5) is 0 Å². The van der Waals surface area contributed by atoms with Crippen molar-refractivity contribution in [1.82, 2.24) is 9.80 Å². The van der Waals surface area contributed by atoms with Crippen molar-refractivity contribution in [2.45, 2.75) is 6.54 Å². The summed E-state index contributed by atoms with van der Waals surface area (Å²) in [4.78, 5) is 4.36. The van der Waals surface area contributed by atoms with Crippen molar-refractivity contribution in [3.05, 3.63) is 47.1 Å². The van der Waals surface area contributed by atoms with Crippen LogP contribution >= 0.6 is 12.6 Å². The number of thiol groups is 1. The fourth-order valence-electron chi connectivity index (χ4n) is 1.56. The summed E-state index contributed by atoms with van der Waals surface area (Å²) in [6.07, 6.45) is 2.08. The Balaban J connectivity index is 2.01. The Kier molecular flexibility index (Phi) is 2.68. The maximum absolute atomic E-state index is 4.36. The van der Waals surface area contributed by atoms with E-state index in [9.17, 15) is 0 Å². The largest absolute Gasteiger partial charge is 0.353 e. The highest BCUT2D eigenvalue weighted by molar-refractivity contribution is 7.84. The van der Waals surface area contributed by atoms with Crippen molar-refractivity contribution in [3.63, 3.8) is 0 Å². The molecule has 0 bridgehead atoms. The summed E-state index contributed by atoms with van der Waals surface area (Å²) >= 11 is 4.36. The first kappa shape index (κ1) is 9.46. The van der Waals surface area contributed by atoms with Gasteiger partial charge in [-0.1, -0.05) is 30.3 Å². The molecule has 2 nitrogen and oxygen atoms in total. The molecule has 0 saturated carbocycles. The van der Waals surface area contributed by atoms with Gasteiger partial charge in [0.2, 0.25) is 0 Å². The maximum atomic E-state index is 4.36. The van der Waals surface area contributed by atoms with Crippen LogP contribution < -0.4 is 0 Å². The molecule has 0 fully saturated rings. The van der Waals surface area contributed by atoms with E-state index in [0.29, 0.717) is 0 Å². The first-order valence-corrected chi connectivity index (χ1v) is 5.10. The predicted octanol–water partition coefficient (Wildman–Crippen LogP) is 2.12. The molecule has 0 radical (unpaired) electrons. The molecule has 14 heavy (non-hydrogen) atoms. The van der Waals surface area contributed by atoms with Crippen molar-refractivity contribution in [1.29, 1.82) is 0 Å². The van der Waals surface area contributed by atoms with Crippen LogP contribution in [0.2, 0.25) is 0 Å². The lowest BCUT2D eigenvalue weighted by atomic mass is 10.2. The van der Waals surface area contributed by atoms with E-state index in [1.54, 1.807) is 0 Å². The molecule has 74 valence electrons. The number of benzene rings is 1. The molecule has 1 heterocycles. The van der Waals surface area contributed by atoms with Crippen molar-refractivity contribution < 1.29 is 0 Å². The third-order valence-corrected chi connectivity index (χ3v) is 2.77. The van der Waals surface area contributed by atoms with Crippen LogP contribution in [0.15, 0.2) is 41.6 Å². The predicted molar refractivity (Wildman–Crippen MR) is 61.7 cm³/mol. The van der Waals surface area contributed by atoms with Gasteiger partial charge in [0.25, 0.3) is 0 Å². The zero-order valence-corrected chi connectivity index (χ0v) is 9.11. The van der Waals surface area contributed by atoms with Gasteiger partial charge in [-0.25, -0.2) is 0 Å². The summed E-state index contributed by atoms with van der Waals surface area (Å²) < 4.78 is 0. The molecule has 0 N–H and O–H groups in total. The zero-order valence-electron chi connectivity index (χ0n) is 8.22. The van der Waals surface area contributed by atoms with Crippen LogP contribution in [-0.4, -0.2) is 23.5 Å². The van der Waals surface area contributed by atoms with Gasteiger partial charge in [0.1, 0.15) is 0 Å². The van der Waals surface area contributed by atoms with Crippen LogP contribution in [0.1, 0.15) is 5.56 Å². The number of hydrogen-bond acceptors (Lipinski definition) is 3. The molecule has 2 rings (SSSR count). The van der Waals surface area contributed by atoms with Gasteiger partial charge in [-0.3, -0.25) is 0 Å². The third-order valence-electron chi connectivity index (χ3n) is 2.31. The molecular formula is C11H14N2S. The van der Waals surface area contributed by atoms with E-state index in [4.69, 9.17) is 0 Å². The van der Waals surface area contributed by atoms with Crippen LogP contribution in [0.5, 0.6) is 0 Å². The average molecular weight is 206 g/mol. The summed E-state index contributed by atoms with van der Waals surface area (Å²) in [5.41, 5.74) is 1.33. The van der Waals surface area contributed by atoms with Crippen molar-refractivity contribution in [3.8, 4) is 0 Å². The lowest BCUT2D eigenvalue weighted by Gasteiger charge is -2.18. The van der Waals surface area contributed by atoms with Gasteiger partial charge < -0.3 is 9.80 Å². The fourth-order valence-corrected chi connectivity index (χ4v) is 1.79. The second-order valence-electron chi connectivity index (χ2n) is 3.56. The second-order valence-corrected chi connectivity index (χ2v) is 4.02. The van der Waals surface area contributed by atoms with Gasteiger partial charge in [0.15, 0.2) is 0 Å². The van der Waals surface area contributed by atoms with E-state index < -0.39 is 0 Å². The van der Waals surface area contributed by atoms with Crippen molar-refractivity contribution in [2.75, 3.05) is 13.7 Å². The average Bonchev–Trinajstić information content (AvgIpc) is 2.47. The monoisotopic (exact) mass is 206 g/mol. The first-order chi connectivity index (χ1) is 6.75. The van der Waals surface area contributed by atoms with E-state index in [0.717, 1.165) is 18.2 Å². The third kappa shape index (κ3) is 2.04. The SMILES string of the molecule is CN1CN(Cc2ccccc2)C=C1S. The van der Waals surface area contributed by atoms with Gasteiger partial charge >= 0.3 is 0 Å². The van der Waals surface area contributed by atoms with E-state index >= 15 is 0 Å². The van der Waals surface area contributed by atoms with Crippen LogP contribution in [0.25, 0.3) is 0 Å². The van der Waals surface area contributed by atoms with Gasteiger partial charge in [0.05, 0.1) is 11.7 Å². The smallest absolute Gasteiger partial charge is 0.0904 e. The Morgan fingerprint density at radius 1 is 1.29 bits per heavy atom. The van der Waals surface area contributed by atoms with Gasteiger partial charge in [-0.15, -0.1) is 12.6 Å². The summed E-state index contributed by atoms with van der Waals surface area (Å²) in [6, 6.07) is 10.5. The topological polar surface area (TPSA) is 6.48 Å². The van der Waals surface area contributed by atoms with Crippen LogP contribution in [0.3, 0.4) is 0 Å². The summed E-state index contributed by atoms with van der Waals surface area (Å²) in [5.74, 6) is 0. The van der Waals surface area contributed by atoms with E-state index in [1.165, 1.54) is 5.56 Å². The zero-order chi connectivity index (χ0) is 9.97. The van der Waals surface area contributed by atoms with E-state index in [-0.39, 0.29) is 0 Å². The molecule has 3 heteroatoms. The second kappa shape index (κ2) is 3.96. The molecule has 0 unspecified atom stereocenters. The molecule has 0 saturated heterocycles. The summed E-state index contributed by atoms with van der Waals surface area (Å²) in [5, 5.41) is 1.03. The molecule has 1 aliphatic heterocycles. The maximum Gasteiger partial charge on any atom is 0.0904 e. The Labute approximate surface area is 90.2 Å². The highest BCUT2D eigenvalue weighted by Crippen LogP contribution is 2.18. The normalized spacial score (nSPS) is 16.0. The molecule has 0 amide bonds. The quantitative estimate of drug-likeness (QED) is 0.741. The Bertz CT molecular complexity index is 334.